The van der Waals surface area contributed by atoms with Crippen LogP contribution in [-0.2, 0) is 0 Å². The molecule has 0 fully saturated rings. The molecule has 0 N–H and O–H groups in total. The number of nitrogens with zero attached hydrogens (tertiary/aromatic N) is 6. The number of amides is 3. The monoisotopic (exact) mass is 826 g/mol. The van der Waals surface area contributed by atoms with Crippen LogP contribution in [0.2, 0.25) is 0 Å². The van der Waals surface area contributed by atoms with E-state index in [9.17, 15) is 14.4 Å². The largest absolute Gasteiger partial charge is 0.490 e. The molecule has 0 aliphatic rings. The van der Waals surface area contributed by atoms with E-state index in [1.54, 1.807) is 72.8 Å². The molecule has 0 saturated carbocycles. The Morgan fingerprint density at radius 3 is 1.00 bits per heavy atom. The van der Waals surface area contributed by atoms with Gasteiger partial charge in [-0.25, -0.2) is 0 Å². The smallest absolute Gasteiger partial charge is 0.298 e. The van der Waals surface area contributed by atoms with E-state index in [1.165, 1.54) is 0 Å². The lowest BCUT2D eigenvalue weighted by Crippen LogP contribution is -2.22. The minimum atomic E-state index is -1.95. The molecule has 3 aromatic rings. The van der Waals surface area contributed by atoms with Gasteiger partial charge in [0.2, 0.25) is 0 Å². The van der Waals surface area contributed by atoms with E-state index in [4.69, 9.17) is 14.2 Å². The Balaban J connectivity index is 1.98. The zero-order valence-corrected chi connectivity index (χ0v) is 38.4. The molecule has 12 nitrogen and oxygen atoms in total. The van der Waals surface area contributed by atoms with Gasteiger partial charge in [-0.3, -0.25) is 14.4 Å². The van der Waals surface area contributed by atoms with Crippen LogP contribution >= 0.6 is 0 Å². The maximum Gasteiger partial charge on any atom is 0.298 e. The summed E-state index contributed by atoms with van der Waals surface area (Å²) in [6.07, 6.45) is 14.3. The number of carbonyl (C=O) groups is 3. The van der Waals surface area contributed by atoms with Crippen LogP contribution in [0.25, 0.3) is 0 Å². The Hall–Kier alpha value is -4.91. The van der Waals surface area contributed by atoms with Crippen LogP contribution in [0.4, 0.5) is 0 Å². The lowest BCUT2D eigenvalue weighted by molar-refractivity contribution is 0.0979. The number of para-hydroxylation sites is 3. The molecule has 0 aliphatic carbocycles. The topological polar surface area (TPSA) is 153 Å². The number of carbonyl (C=O) groups excluding carboxylic acids is 3. The van der Waals surface area contributed by atoms with E-state index < -0.39 is 23.1 Å². The first-order valence-electron chi connectivity index (χ1n) is 21.8. The molecule has 59 heavy (non-hydrogen) atoms. The Labute approximate surface area is 354 Å². The fraction of sp³-hybridized carbons (Fsp3) is 0.543. The van der Waals surface area contributed by atoms with Crippen molar-refractivity contribution in [2.24, 2.45) is 30.7 Å². The minimum absolute atomic E-state index is 0.0669. The standard InChI is InChI=1S/C46H66N6O6Si/c1-7-13-16-25-34(10-4)56-40-31-22-19-28-37(40)43(53)47-50-46(59,51-48-44(54)38-29-20-23-32-41(38)57-35(11-5)26-17-14-8-2)52-49-45(55)39-30-21-24-33-42(39)58-36(12-6)27-18-15-9-3/h19-24,28-36H,7-18,25-27H2,1-6,59H3. The number of azo groups is 3. The van der Waals surface area contributed by atoms with E-state index in [-0.39, 0.29) is 45.2 Å². The second kappa shape index (κ2) is 27.0. The summed E-state index contributed by atoms with van der Waals surface area (Å²) in [5, 5.41) is 24.6. The molecule has 3 atom stereocenters. The summed E-state index contributed by atoms with van der Waals surface area (Å²) in [7, 11) is -0.0669. The van der Waals surface area contributed by atoms with E-state index in [2.05, 4.69) is 72.2 Å². The SMILES string of the molecule is CCCCCC(CC)Oc1ccccc1C(=O)N=NC([SiH3])(N=NC(=O)c1ccccc1OC(CC)CCCCC)N=NC(=O)c1ccccc1OC(CC)CCCCC. The van der Waals surface area contributed by atoms with E-state index in [0.717, 1.165) is 96.3 Å². The van der Waals surface area contributed by atoms with Gasteiger partial charge >= 0.3 is 0 Å². The predicted octanol–water partition coefficient (Wildman–Crippen LogP) is 12.1. The molecule has 0 radical (unpaired) electrons. The number of unbranched alkanes of at least 4 members (excludes halogenated alkanes) is 6. The van der Waals surface area contributed by atoms with Crippen molar-refractivity contribution in [1.82, 2.24) is 0 Å². The highest BCUT2D eigenvalue weighted by molar-refractivity contribution is 6.15. The molecule has 0 bridgehead atoms. The maximum absolute atomic E-state index is 13.7. The van der Waals surface area contributed by atoms with Gasteiger partial charge in [0, 0.05) is 0 Å². The van der Waals surface area contributed by atoms with Gasteiger partial charge < -0.3 is 14.2 Å². The van der Waals surface area contributed by atoms with Crippen LogP contribution in [0, 0.1) is 0 Å². The molecule has 3 amide bonds. The fourth-order valence-electron chi connectivity index (χ4n) is 6.32. The van der Waals surface area contributed by atoms with Gasteiger partial charge in [-0.2, -0.15) is 0 Å². The van der Waals surface area contributed by atoms with Gasteiger partial charge in [0.25, 0.3) is 23.1 Å². The second-order valence-electron chi connectivity index (χ2n) is 14.9. The Morgan fingerprint density at radius 2 is 0.746 bits per heavy atom. The molecule has 3 unspecified atom stereocenters. The summed E-state index contributed by atoms with van der Waals surface area (Å²) >= 11 is 0. The van der Waals surface area contributed by atoms with Crippen molar-refractivity contribution in [2.75, 3.05) is 0 Å². The Kier molecular flexibility index (Phi) is 22.1. The molecule has 0 saturated heterocycles. The number of hydrogen-bond donors (Lipinski definition) is 0. The van der Waals surface area contributed by atoms with Crippen LogP contribution in [0.1, 0.15) is 169 Å². The predicted molar refractivity (Wildman–Crippen MR) is 236 cm³/mol. The maximum atomic E-state index is 13.7. The molecule has 320 valence electrons. The van der Waals surface area contributed by atoms with Gasteiger partial charge in [0.15, 0.2) is 0 Å². The third kappa shape index (κ3) is 16.7. The van der Waals surface area contributed by atoms with E-state index in [1.807, 2.05) is 0 Å². The summed E-state index contributed by atoms with van der Waals surface area (Å²) in [4.78, 5) is 41.0. The molecule has 0 aromatic heterocycles. The molecule has 0 aliphatic heterocycles. The van der Waals surface area contributed by atoms with Gasteiger partial charge in [-0.15, -0.1) is 30.7 Å². The third-order valence-corrected chi connectivity index (χ3v) is 10.6. The number of benzene rings is 3. The summed E-state index contributed by atoms with van der Waals surface area (Å²) in [6.45, 7) is 12.6. The zero-order valence-electron chi connectivity index (χ0n) is 36.4. The summed E-state index contributed by atoms with van der Waals surface area (Å²) < 4.78 is 18.9. The number of rotatable bonds is 27. The van der Waals surface area contributed by atoms with Crippen LogP contribution in [0.15, 0.2) is 103 Å². The second-order valence-corrected chi connectivity index (χ2v) is 16.2. The van der Waals surface area contributed by atoms with Crippen molar-refractivity contribution < 1.29 is 28.6 Å². The zero-order chi connectivity index (χ0) is 42.9. The van der Waals surface area contributed by atoms with Crippen molar-refractivity contribution in [3.05, 3.63) is 89.5 Å². The highest BCUT2D eigenvalue weighted by Gasteiger charge is 2.27. The van der Waals surface area contributed by atoms with Crippen molar-refractivity contribution in [2.45, 2.75) is 162 Å². The van der Waals surface area contributed by atoms with Gasteiger partial charge in [-0.05, 0) is 94.2 Å². The molecular weight excluding hydrogens is 761 g/mol. The van der Waals surface area contributed by atoms with E-state index >= 15 is 0 Å². The summed E-state index contributed by atoms with van der Waals surface area (Å²) in [5.41, 5.74) is -1.32. The summed E-state index contributed by atoms with van der Waals surface area (Å²) in [5.74, 6) is -0.936. The van der Waals surface area contributed by atoms with Crippen molar-refractivity contribution in [3.63, 3.8) is 0 Å². The van der Waals surface area contributed by atoms with E-state index in [0.29, 0.717) is 17.2 Å². The third-order valence-electron chi connectivity index (χ3n) is 9.98. The molecule has 3 aromatic carbocycles. The normalized spacial score (nSPS) is 14.3. The molecule has 13 heteroatoms. The average molecular weight is 827 g/mol. The van der Waals surface area contributed by atoms with Crippen LogP contribution in [0.3, 0.4) is 0 Å². The number of hydrogen-bond acceptors (Lipinski definition) is 9. The van der Waals surface area contributed by atoms with Crippen molar-refractivity contribution in [3.8, 4) is 17.2 Å². The molecular formula is C46H66N6O6Si. The molecule has 0 heterocycles. The Morgan fingerprint density at radius 1 is 0.475 bits per heavy atom. The van der Waals surface area contributed by atoms with Crippen LogP contribution in [-0.4, -0.2) is 51.7 Å². The number of ether oxygens (including phenoxy) is 3. The first-order chi connectivity index (χ1) is 28.6. The quantitative estimate of drug-likeness (QED) is 0.0423. The highest BCUT2D eigenvalue weighted by Crippen LogP contribution is 2.28. The van der Waals surface area contributed by atoms with Gasteiger partial charge in [0.1, 0.15) is 27.5 Å². The summed E-state index contributed by atoms with van der Waals surface area (Å²) in [6, 6.07) is 20.6. The fourth-order valence-corrected chi connectivity index (χ4v) is 6.62. The molecule has 3 rings (SSSR count). The van der Waals surface area contributed by atoms with Crippen molar-refractivity contribution in [1.29, 1.82) is 0 Å². The van der Waals surface area contributed by atoms with Crippen LogP contribution < -0.4 is 14.2 Å². The lowest BCUT2D eigenvalue weighted by Gasteiger charge is -2.19. The average Bonchev–Trinajstić information content (AvgIpc) is 3.26. The lowest BCUT2D eigenvalue weighted by atomic mass is 10.1. The van der Waals surface area contributed by atoms with Crippen LogP contribution in [0.5, 0.6) is 17.2 Å². The first kappa shape index (κ1) is 48.5. The van der Waals surface area contributed by atoms with Gasteiger partial charge in [-0.1, -0.05) is 116 Å². The molecule has 0 spiro atoms. The highest BCUT2D eigenvalue weighted by atomic mass is 28.1. The minimum Gasteiger partial charge on any atom is -0.490 e. The van der Waals surface area contributed by atoms with Crippen molar-refractivity contribution >= 4 is 28.0 Å². The first-order valence-corrected chi connectivity index (χ1v) is 22.8. The van der Waals surface area contributed by atoms with Gasteiger partial charge in [0.05, 0.1) is 35.0 Å². The Bertz CT molecular complexity index is 1630.